The second-order valence-electron chi connectivity index (χ2n) is 2.80. The Morgan fingerprint density at radius 3 is 2.75 bits per heavy atom. The van der Waals surface area contributed by atoms with Gasteiger partial charge in [0.05, 0.1) is 6.10 Å². The van der Waals surface area contributed by atoms with Crippen LogP contribution in [-0.4, -0.2) is 12.1 Å². The third-order valence-corrected chi connectivity index (χ3v) is 1.60. The van der Waals surface area contributed by atoms with Crippen LogP contribution in [0.1, 0.15) is 40.0 Å². The van der Waals surface area contributed by atoms with Crippen molar-refractivity contribution in [1.82, 2.24) is 0 Å². The average Bonchev–Trinajstić information content (AvgIpc) is 2.05. The zero-order valence-corrected chi connectivity index (χ0v) is 8.17. The number of esters is 1. The molecule has 0 bridgehead atoms. The van der Waals surface area contributed by atoms with Crippen molar-refractivity contribution < 1.29 is 9.53 Å². The lowest BCUT2D eigenvalue weighted by Crippen LogP contribution is -2.13. The van der Waals surface area contributed by atoms with E-state index in [1.807, 2.05) is 19.9 Å². The smallest absolute Gasteiger partial charge is 0.305 e. The van der Waals surface area contributed by atoms with Crippen LogP contribution in [0.2, 0.25) is 0 Å². The Bertz CT molecular complexity index is 150. The van der Waals surface area contributed by atoms with Crippen LogP contribution in [0.4, 0.5) is 0 Å². The summed E-state index contributed by atoms with van der Waals surface area (Å²) in [6.07, 6.45) is 6.50. The normalized spacial score (nSPS) is 13.2. The lowest BCUT2D eigenvalue weighted by molar-refractivity contribution is -0.148. The Morgan fingerprint density at radius 2 is 2.25 bits per heavy atom. The van der Waals surface area contributed by atoms with Crippen LogP contribution in [0.3, 0.4) is 0 Å². The second kappa shape index (κ2) is 6.89. The van der Waals surface area contributed by atoms with Gasteiger partial charge in [0.2, 0.25) is 0 Å². The van der Waals surface area contributed by atoms with Crippen LogP contribution in [0, 0.1) is 0 Å². The molecule has 0 aromatic heterocycles. The van der Waals surface area contributed by atoms with Gasteiger partial charge in [-0.25, -0.2) is 0 Å². The van der Waals surface area contributed by atoms with E-state index in [0.29, 0.717) is 6.42 Å². The predicted molar refractivity (Wildman–Crippen MR) is 49.9 cm³/mol. The molecule has 0 rings (SSSR count). The molecule has 0 amide bonds. The zero-order chi connectivity index (χ0) is 9.40. The molecule has 0 aliphatic rings. The van der Waals surface area contributed by atoms with Crippen LogP contribution in [0.5, 0.6) is 0 Å². The molecule has 2 nitrogen and oxygen atoms in total. The molecule has 0 spiro atoms. The molecule has 0 fully saturated rings. The molecule has 0 N–H and O–H groups in total. The minimum absolute atomic E-state index is 0.0497. The Morgan fingerprint density at radius 1 is 1.58 bits per heavy atom. The Labute approximate surface area is 74.6 Å². The molecule has 1 unspecified atom stereocenters. The summed E-state index contributed by atoms with van der Waals surface area (Å²) < 4.78 is 5.07. The molecule has 0 aromatic rings. The maximum atomic E-state index is 10.8. The first kappa shape index (κ1) is 11.2. The van der Waals surface area contributed by atoms with E-state index in [-0.39, 0.29) is 12.1 Å². The number of ether oxygens (including phenoxy) is 1. The Balaban J connectivity index is 3.45. The molecule has 12 heavy (non-hydrogen) atoms. The van der Waals surface area contributed by atoms with E-state index in [2.05, 4.69) is 6.08 Å². The maximum absolute atomic E-state index is 10.8. The van der Waals surface area contributed by atoms with Crippen molar-refractivity contribution in [2.75, 3.05) is 0 Å². The molecule has 2 heteroatoms. The Kier molecular flexibility index (Phi) is 6.44. The summed E-state index contributed by atoms with van der Waals surface area (Å²) in [5.74, 6) is -0.108. The van der Waals surface area contributed by atoms with E-state index >= 15 is 0 Å². The number of rotatable bonds is 5. The lowest BCUT2D eigenvalue weighted by atomic mass is 10.2. The number of hydrogen-bond donors (Lipinski definition) is 0. The van der Waals surface area contributed by atoms with Crippen molar-refractivity contribution in [3.8, 4) is 0 Å². The van der Waals surface area contributed by atoms with Gasteiger partial charge >= 0.3 is 5.97 Å². The van der Waals surface area contributed by atoms with E-state index < -0.39 is 0 Å². The molecule has 1 atom stereocenters. The van der Waals surface area contributed by atoms with Gasteiger partial charge in [0.15, 0.2) is 0 Å². The van der Waals surface area contributed by atoms with Gasteiger partial charge in [-0.1, -0.05) is 19.1 Å². The third-order valence-electron chi connectivity index (χ3n) is 1.60. The summed E-state index contributed by atoms with van der Waals surface area (Å²) in [4.78, 5) is 10.8. The summed E-state index contributed by atoms with van der Waals surface area (Å²) in [7, 11) is 0. The van der Waals surface area contributed by atoms with E-state index in [1.165, 1.54) is 0 Å². The van der Waals surface area contributed by atoms with Crippen molar-refractivity contribution in [2.24, 2.45) is 0 Å². The number of carbonyl (C=O) groups excluding carboxylic acids is 1. The molecule has 0 heterocycles. The van der Waals surface area contributed by atoms with Gasteiger partial charge in [-0.15, -0.1) is 0 Å². The topological polar surface area (TPSA) is 26.3 Å². The zero-order valence-electron chi connectivity index (χ0n) is 8.17. The standard InChI is InChI=1S/C10H18O2/c1-4-6-7-8-9(3)12-10(11)5-2/h4,6,9H,5,7-8H2,1-3H3. The summed E-state index contributed by atoms with van der Waals surface area (Å²) in [6.45, 7) is 5.72. The first-order chi connectivity index (χ1) is 5.70. The highest BCUT2D eigenvalue weighted by atomic mass is 16.5. The van der Waals surface area contributed by atoms with Crippen LogP contribution >= 0.6 is 0 Å². The van der Waals surface area contributed by atoms with Crippen LogP contribution in [0.25, 0.3) is 0 Å². The highest BCUT2D eigenvalue weighted by Crippen LogP contribution is 2.03. The van der Waals surface area contributed by atoms with Crippen LogP contribution in [0.15, 0.2) is 12.2 Å². The van der Waals surface area contributed by atoms with Gasteiger partial charge in [-0.05, 0) is 26.7 Å². The predicted octanol–water partition coefficient (Wildman–Crippen LogP) is 2.68. The largest absolute Gasteiger partial charge is 0.463 e. The summed E-state index contributed by atoms with van der Waals surface area (Å²) in [5.41, 5.74) is 0. The summed E-state index contributed by atoms with van der Waals surface area (Å²) >= 11 is 0. The highest BCUT2D eigenvalue weighted by Gasteiger charge is 2.05. The lowest BCUT2D eigenvalue weighted by Gasteiger charge is -2.10. The van der Waals surface area contributed by atoms with Gasteiger partial charge in [0, 0.05) is 6.42 Å². The van der Waals surface area contributed by atoms with Gasteiger partial charge in [0.25, 0.3) is 0 Å². The van der Waals surface area contributed by atoms with Crippen molar-refractivity contribution >= 4 is 5.97 Å². The van der Waals surface area contributed by atoms with Crippen molar-refractivity contribution in [3.63, 3.8) is 0 Å². The van der Waals surface area contributed by atoms with E-state index in [0.717, 1.165) is 12.8 Å². The monoisotopic (exact) mass is 170 g/mol. The quantitative estimate of drug-likeness (QED) is 0.468. The first-order valence-corrected chi connectivity index (χ1v) is 4.51. The SMILES string of the molecule is CC=CCCC(C)OC(=O)CC. The molecular formula is C10H18O2. The van der Waals surface area contributed by atoms with Gasteiger partial charge in [-0.3, -0.25) is 4.79 Å². The molecule has 0 aliphatic carbocycles. The summed E-state index contributed by atoms with van der Waals surface area (Å²) in [6, 6.07) is 0. The number of hydrogen-bond acceptors (Lipinski definition) is 2. The second-order valence-corrected chi connectivity index (χ2v) is 2.80. The Hall–Kier alpha value is -0.790. The number of allylic oxidation sites excluding steroid dienone is 2. The maximum Gasteiger partial charge on any atom is 0.305 e. The van der Waals surface area contributed by atoms with Crippen molar-refractivity contribution in [3.05, 3.63) is 12.2 Å². The fourth-order valence-electron chi connectivity index (χ4n) is 0.864. The molecule has 0 aromatic carbocycles. The molecule has 0 aliphatic heterocycles. The van der Waals surface area contributed by atoms with E-state index in [4.69, 9.17) is 4.74 Å². The average molecular weight is 170 g/mol. The third kappa shape index (κ3) is 5.96. The van der Waals surface area contributed by atoms with Crippen LogP contribution in [-0.2, 0) is 9.53 Å². The molecule has 0 saturated carbocycles. The number of carbonyl (C=O) groups is 1. The molecular weight excluding hydrogens is 152 g/mol. The first-order valence-electron chi connectivity index (χ1n) is 4.51. The minimum atomic E-state index is -0.108. The van der Waals surface area contributed by atoms with Crippen LogP contribution < -0.4 is 0 Å². The molecule has 70 valence electrons. The highest BCUT2D eigenvalue weighted by molar-refractivity contribution is 5.69. The fourth-order valence-corrected chi connectivity index (χ4v) is 0.864. The van der Waals surface area contributed by atoms with Gasteiger partial charge in [-0.2, -0.15) is 0 Å². The van der Waals surface area contributed by atoms with Crippen molar-refractivity contribution in [1.29, 1.82) is 0 Å². The van der Waals surface area contributed by atoms with E-state index in [9.17, 15) is 4.79 Å². The van der Waals surface area contributed by atoms with Gasteiger partial charge < -0.3 is 4.74 Å². The van der Waals surface area contributed by atoms with E-state index in [1.54, 1.807) is 6.92 Å². The minimum Gasteiger partial charge on any atom is -0.463 e. The summed E-state index contributed by atoms with van der Waals surface area (Å²) in [5, 5.41) is 0. The molecule has 0 radical (unpaired) electrons. The fraction of sp³-hybridized carbons (Fsp3) is 0.700. The van der Waals surface area contributed by atoms with Crippen molar-refractivity contribution in [2.45, 2.75) is 46.1 Å². The molecule has 0 saturated heterocycles. The van der Waals surface area contributed by atoms with Gasteiger partial charge in [0.1, 0.15) is 0 Å².